The zero-order chi connectivity index (χ0) is 17.7. The molecule has 2 fully saturated rings. The molecular formula is C19H19N3O3. The van der Waals surface area contributed by atoms with Crippen molar-refractivity contribution in [3.63, 3.8) is 0 Å². The van der Waals surface area contributed by atoms with Crippen molar-refractivity contribution in [3.05, 3.63) is 41.1 Å². The van der Waals surface area contributed by atoms with Crippen molar-refractivity contribution in [2.24, 2.45) is 0 Å². The van der Waals surface area contributed by atoms with Crippen LogP contribution in [0, 0.1) is 13.8 Å². The maximum Gasteiger partial charge on any atom is 0.256 e. The number of amides is 3. The topological polar surface area (TPSA) is 79.4 Å². The number of aromatic nitrogens is 1. The third kappa shape index (κ3) is 2.77. The number of carbonyl (C=O) groups excluding carboxylic acids is 3. The number of imide groups is 1. The molecule has 1 saturated heterocycles. The number of carbonyl (C=O) groups is 3. The van der Waals surface area contributed by atoms with E-state index in [2.05, 4.69) is 10.3 Å². The molecule has 1 aliphatic carbocycles. The summed E-state index contributed by atoms with van der Waals surface area (Å²) in [5.41, 5.74) is 3.07. The van der Waals surface area contributed by atoms with Crippen LogP contribution in [0.3, 0.4) is 0 Å². The van der Waals surface area contributed by atoms with Crippen molar-refractivity contribution in [1.82, 2.24) is 15.2 Å². The van der Waals surface area contributed by atoms with Crippen LogP contribution in [-0.4, -0.2) is 39.7 Å². The molecule has 1 saturated carbocycles. The van der Waals surface area contributed by atoms with E-state index in [1.807, 2.05) is 31.2 Å². The van der Waals surface area contributed by atoms with Gasteiger partial charge in [-0.3, -0.25) is 24.7 Å². The minimum Gasteiger partial charge on any atom is -0.323 e. The van der Waals surface area contributed by atoms with Gasteiger partial charge in [-0.2, -0.15) is 0 Å². The Balaban J connectivity index is 1.75. The van der Waals surface area contributed by atoms with Gasteiger partial charge in [0.1, 0.15) is 6.04 Å². The van der Waals surface area contributed by atoms with Crippen LogP contribution in [-0.2, 0) is 9.59 Å². The molecule has 1 atom stereocenters. The number of hydrogen-bond acceptors (Lipinski definition) is 4. The van der Waals surface area contributed by atoms with Gasteiger partial charge in [0.25, 0.3) is 5.91 Å². The van der Waals surface area contributed by atoms with Gasteiger partial charge < -0.3 is 4.90 Å². The van der Waals surface area contributed by atoms with Crippen LogP contribution in [0.25, 0.3) is 10.9 Å². The Morgan fingerprint density at radius 1 is 1.20 bits per heavy atom. The highest BCUT2D eigenvalue weighted by Gasteiger charge is 2.45. The first kappa shape index (κ1) is 15.7. The molecule has 0 radical (unpaired) electrons. The molecule has 6 heteroatoms. The van der Waals surface area contributed by atoms with E-state index >= 15 is 0 Å². The summed E-state index contributed by atoms with van der Waals surface area (Å²) in [6.45, 7) is 3.79. The zero-order valence-corrected chi connectivity index (χ0v) is 14.2. The minimum atomic E-state index is -0.708. The van der Waals surface area contributed by atoms with Crippen LogP contribution in [0.15, 0.2) is 24.3 Å². The monoisotopic (exact) mass is 337 g/mol. The Morgan fingerprint density at radius 2 is 1.96 bits per heavy atom. The highest BCUT2D eigenvalue weighted by molar-refractivity contribution is 6.09. The van der Waals surface area contributed by atoms with E-state index in [1.165, 1.54) is 0 Å². The van der Waals surface area contributed by atoms with Gasteiger partial charge in [-0.1, -0.05) is 11.6 Å². The number of nitrogens with one attached hydrogen (secondary N) is 1. The van der Waals surface area contributed by atoms with Crippen LogP contribution in [0.2, 0.25) is 0 Å². The van der Waals surface area contributed by atoms with Crippen LogP contribution in [0.1, 0.15) is 40.9 Å². The van der Waals surface area contributed by atoms with Gasteiger partial charge in [0.2, 0.25) is 11.8 Å². The number of aryl methyl sites for hydroxylation is 2. The van der Waals surface area contributed by atoms with Crippen molar-refractivity contribution in [3.8, 4) is 0 Å². The molecule has 25 heavy (non-hydrogen) atoms. The van der Waals surface area contributed by atoms with E-state index in [-0.39, 0.29) is 30.2 Å². The van der Waals surface area contributed by atoms with E-state index in [4.69, 9.17) is 0 Å². The minimum absolute atomic E-state index is 0.0294. The standard InChI is InChI=1S/C19H19N3O3/c1-10-3-6-15-12(7-10)8-14(11(2)20-15)19(25)22(13-4-5-13)16-9-17(23)21-18(16)24/h3,6-8,13,16H,4-5,9H2,1-2H3,(H,21,23,24)/t16-/m1/s1. The number of benzene rings is 1. The molecule has 1 aromatic heterocycles. The average Bonchev–Trinajstić information content (AvgIpc) is 3.33. The van der Waals surface area contributed by atoms with Gasteiger partial charge in [0, 0.05) is 11.4 Å². The highest BCUT2D eigenvalue weighted by atomic mass is 16.2. The number of nitrogens with zero attached hydrogens (tertiary/aromatic N) is 2. The maximum atomic E-state index is 13.2. The van der Waals surface area contributed by atoms with E-state index in [0.717, 1.165) is 29.3 Å². The summed E-state index contributed by atoms with van der Waals surface area (Å²) < 4.78 is 0. The van der Waals surface area contributed by atoms with Crippen LogP contribution >= 0.6 is 0 Å². The number of hydrogen-bond donors (Lipinski definition) is 1. The van der Waals surface area contributed by atoms with Crippen LogP contribution < -0.4 is 5.32 Å². The summed E-state index contributed by atoms with van der Waals surface area (Å²) in [5.74, 6) is -0.921. The fourth-order valence-corrected chi connectivity index (χ4v) is 3.43. The molecule has 0 spiro atoms. The second-order valence-corrected chi connectivity index (χ2v) is 6.89. The van der Waals surface area contributed by atoms with Gasteiger partial charge in [0.15, 0.2) is 0 Å². The van der Waals surface area contributed by atoms with E-state index in [9.17, 15) is 14.4 Å². The first-order valence-corrected chi connectivity index (χ1v) is 8.48. The molecule has 1 N–H and O–H groups in total. The zero-order valence-electron chi connectivity index (χ0n) is 14.2. The Morgan fingerprint density at radius 3 is 2.60 bits per heavy atom. The van der Waals surface area contributed by atoms with E-state index < -0.39 is 6.04 Å². The fraction of sp³-hybridized carbons (Fsp3) is 0.368. The Bertz CT molecular complexity index is 918. The predicted octanol–water partition coefficient (Wildman–Crippen LogP) is 1.87. The molecule has 0 bridgehead atoms. The molecule has 2 aromatic rings. The third-order valence-corrected chi connectivity index (χ3v) is 4.85. The second-order valence-electron chi connectivity index (χ2n) is 6.89. The van der Waals surface area contributed by atoms with Gasteiger partial charge >= 0.3 is 0 Å². The largest absolute Gasteiger partial charge is 0.323 e. The molecule has 128 valence electrons. The first-order chi connectivity index (χ1) is 11.9. The first-order valence-electron chi connectivity index (χ1n) is 8.48. The highest BCUT2D eigenvalue weighted by Crippen LogP contribution is 2.33. The third-order valence-electron chi connectivity index (χ3n) is 4.85. The van der Waals surface area contributed by atoms with Gasteiger partial charge in [-0.05, 0) is 44.9 Å². The molecule has 6 nitrogen and oxygen atoms in total. The molecule has 0 unspecified atom stereocenters. The summed E-state index contributed by atoms with van der Waals surface area (Å²) in [5, 5.41) is 3.20. The molecule has 3 amide bonds. The van der Waals surface area contributed by atoms with Crippen molar-refractivity contribution >= 4 is 28.6 Å². The summed E-state index contributed by atoms with van der Waals surface area (Å²) in [6.07, 6.45) is 1.77. The lowest BCUT2D eigenvalue weighted by atomic mass is 10.1. The molecule has 1 aromatic carbocycles. The number of rotatable bonds is 3. The van der Waals surface area contributed by atoms with Crippen LogP contribution in [0.4, 0.5) is 0 Å². The van der Waals surface area contributed by atoms with E-state index in [1.54, 1.807) is 11.8 Å². The van der Waals surface area contributed by atoms with Gasteiger partial charge in [-0.25, -0.2) is 0 Å². The molecular weight excluding hydrogens is 318 g/mol. The Hall–Kier alpha value is -2.76. The summed E-state index contributed by atoms with van der Waals surface area (Å²) >= 11 is 0. The molecule has 4 rings (SSSR count). The summed E-state index contributed by atoms with van der Waals surface area (Å²) in [4.78, 5) is 43.0. The summed E-state index contributed by atoms with van der Waals surface area (Å²) in [6, 6.07) is 7.08. The lowest BCUT2D eigenvalue weighted by molar-refractivity contribution is -0.126. The van der Waals surface area contributed by atoms with Gasteiger partial charge in [-0.15, -0.1) is 0 Å². The summed E-state index contributed by atoms with van der Waals surface area (Å²) in [7, 11) is 0. The second kappa shape index (κ2) is 5.65. The maximum absolute atomic E-state index is 13.2. The quantitative estimate of drug-likeness (QED) is 0.867. The van der Waals surface area contributed by atoms with Crippen molar-refractivity contribution in [2.75, 3.05) is 0 Å². The van der Waals surface area contributed by atoms with Crippen molar-refractivity contribution in [2.45, 2.75) is 45.2 Å². The Kier molecular flexibility index (Phi) is 3.56. The van der Waals surface area contributed by atoms with Crippen LogP contribution in [0.5, 0.6) is 0 Å². The van der Waals surface area contributed by atoms with E-state index in [0.29, 0.717) is 11.3 Å². The SMILES string of the molecule is Cc1ccc2nc(C)c(C(=O)N(C3CC3)[C@@H]3CC(=O)NC3=O)cc2c1. The fourth-order valence-electron chi connectivity index (χ4n) is 3.43. The average molecular weight is 337 g/mol. The Labute approximate surface area is 145 Å². The molecule has 1 aliphatic heterocycles. The van der Waals surface area contributed by atoms with Crippen molar-refractivity contribution in [1.29, 1.82) is 0 Å². The van der Waals surface area contributed by atoms with Crippen molar-refractivity contribution < 1.29 is 14.4 Å². The predicted molar refractivity (Wildman–Crippen MR) is 92.0 cm³/mol. The smallest absolute Gasteiger partial charge is 0.256 e. The lowest BCUT2D eigenvalue weighted by Crippen LogP contribution is -2.46. The normalized spacial score (nSPS) is 20.0. The molecule has 2 heterocycles. The number of pyridine rings is 1. The molecule has 2 aliphatic rings. The lowest BCUT2D eigenvalue weighted by Gasteiger charge is -2.27. The van der Waals surface area contributed by atoms with Gasteiger partial charge in [0.05, 0.1) is 23.2 Å². The number of fused-ring (bicyclic) bond motifs is 1.